The third-order valence-corrected chi connectivity index (χ3v) is 3.55. The van der Waals surface area contributed by atoms with Crippen molar-refractivity contribution in [3.05, 3.63) is 59.2 Å². The van der Waals surface area contributed by atoms with Crippen molar-refractivity contribution in [1.82, 2.24) is 0 Å². The summed E-state index contributed by atoms with van der Waals surface area (Å²) in [4.78, 5) is 0. The van der Waals surface area contributed by atoms with E-state index >= 15 is 0 Å². The number of benzene rings is 2. The van der Waals surface area contributed by atoms with Crippen molar-refractivity contribution >= 4 is 0 Å². The number of nitrogens with two attached hydrogens (primary N) is 1. The highest BCUT2D eigenvalue weighted by Crippen LogP contribution is 2.23. The van der Waals surface area contributed by atoms with Crippen molar-refractivity contribution in [1.29, 1.82) is 0 Å². The van der Waals surface area contributed by atoms with E-state index in [1.807, 2.05) is 24.3 Å². The second kappa shape index (κ2) is 7.14. The minimum Gasteiger partial charge on any atom is -0.508 e. The van der Waals surface area contributed by atoms with Crippen molar-refractivity contribution in [3.8, 4) is 11.5 Å². The second-order valence-corrected chi connectivity index (χ2v) is 5.44. The van der Waals surface area contributed by atoms with Gasteiger partial charge in [0.1, 0.15) is 18.1 Å². The lowest BCUT2D eigenvalue weighted by Gasteiger charge is -2.15. The standard InChI is InChI=1S/C18H23NO2/c1-3-16(19)11-15-10-13(2)4-9-18(15)21-12-14-5-7-17(20)8-6-14/h4-10,16,20H,3,11-12,19H2,1-2H3. The van der Waals surface area contributed by atoms with Gasteiger partial charge >= 0.3 is 0 Å². The van der Waals surface area contributed by atoms with Gasteiger partial charge in [-0.3, -0.25) is 0 Å². The fourth-order valence-corrected chi connectivity index (χ4v) is 2.19. The molecule has 0 heterocycles. The van der Waals surface area contributed by atoms with Gasteiger partial charge in [-0.1, -0.05) is 36.8 Å². The molecule has 21 heavy (non-hydrogen) atoms. The molecule has 0 radical (unpaired) electrons. The fourth-order valence-electron chi connectivity index (χ4n) is 2.19. The molecule has 0 saturated heterocycles. The van der Waals surface area contributed by atoms with Gasteiger partial charge in [-0.05, 0) is 49.1 Å². The number of hydrogen-bond acceptors (Lipinski definition) is 3. The Balaban J connectivity index is 2.09. The maximum atomic E-state index is 9.29. The molecule has 2 rings (SSSR count). The van der Waals surface area contributed by atoms with Crippen molar-refractivity contribution < 1.29 is 9.84 Å². The second-order valence-electron chi connectivity index (χ2n) is 5.44. The van der Waals surface area contributed by atoms with Crippen LogP contribution in [0.4, 0.5) is 0 Å². The van der Waals surface area contributed by atoms with Crippen LogP contribution in [0.1, 0.15) is 30.0 Å². The minimum absolute atomic E-state index is 0.155. The topological polar surface area (TPSA) is 55.5 Å². The Morgan fingerprint density at radius 2 is 1.86 bits per heavy atom. The zero-order chi connectivity index (χ0) is 15.2. The molecule has 0 amide bonds. The van der Waals surface area contributed by atoms with Crippen LogP contribution in [0.25, 0.3) is 0 Å². The fraction of sp³-hybridized carbons (Fsp3) is 0.333. The highest BCUT2D eigenvalue weighted by atomic mass is 16.5. The molecule has 112 valence electrons. The molecule has 0 aliphatic carbocycles. The molecule has 2 aromatic rings. The highest BCUT2D eigenvalue weighted by Gasteiger charge is 2.09. The molecule has 2 aromatic carbocycles. The monoisotopic (exact) mass is 285 g/mol. The Hall–Kier alpha value is -2.00. The molecule has 0 bridgehead atoms. The molecule has 0 saturated carbocycles. The highest BCUT2D eigenvalue weighted by molar-refractivity contribution is 5.38. The lowest BCUT2D eigenvalue weighted by molar-refractivity contribution is 0.302. The first-order chi connectivity index (χ1) is 10.1. The Labute approximate surface area is 126 Å². The lowest BCUT2D eigenvalue weighted by Crippen LogP contribution is -2.21. The zero-order valence-corrected chi connectivity index (χ0v) is 12.7. The molecule has 3 nitrogen and oxygen atoms in total. The summed E-state index contributed by atoms with van der Waals surface area (Å²) in [5.41, 5.74) is 9.46. The molecular weight excluding hydrogens is 262 g/mol. The van der Waals surface area contributed by atoms with Crippen molar-refractivity contribution in [2.75, 3.05) is 0 Å². The Morgan fingerprint density at radius 3 is 2.52 bits per heavy atom. The van der Waals surface area contributed by atoms with Crippen LogP contribution >= 0.6 is 0 Å². The number of aromatic hydroxyl groups is 1. The molecule has 1 atom stereocenters. The summed E-state index contributed by atoms with van der Waals surface area (Å²) in [6, 6.07) is 13.4. The Morgan fingerprint density at radius 1 is 1.14 bits per heavy atom. The van der Waals surface area contributed by atoms with Gasteiger partial charge in [0.2, 0.25) is 0 Å². The first-order valence-corrected chi connectivity index (χ1v) is 7.34. The largest absolute Gasteiger partial charge is 0.508 e. The molecule has 3 N–H and O–H groups in total. The SMILES string of the molecule is CCC(N)Cc1cc(C)ccc1OCc1ccc(O)cc1. The molecule has 1 unspecified atom stereocenters. The van der Waals surface area contributed by atoms with E-state index in [4.69, 9.17) is 10.5 Å². The predicted octanol–water partition coefficient (Wildman–Crippen LogP) is 3.56. The molecule has 0 aromatic heterocycles. The molecule has 0 spiro atoms. The summed E-state index contributed by atoms with van der Waals surface area (Å²) >= 11 is 0. The summed E-state index contributed by atoms with van der Waals surface area (Å²) in [7, 11) is 0. The van der Waals surface area contributed by atoms with E-state index in [-0.39, 0.29) is 11.8 Å². The molecule has 0 aliphatic rings. The first kappa shape index (κ1) is 15.4. The van der Waals surface area contributed by atoms with Crippen LogP contribution in [-0.2, 0) is 13.0 Å². The smallest absolute Gasteiger partial charge is 0.123 e. The average molecular weight is 285 g/mol. The number of hydrogen-bond donors (Lipinski definition) is 2. The Bertz CT molecular complexity index is 578. The van der Waals surface area contributed by atoms with Gasteiger partial charge in [0.25, 0.3) is 0 Å². The van der Waals surface area contributed by atoms with E-state index in [9.17, 15) is 5.11 Å². The van der Waals surface area contributed by atoms with Crippen molar-refractivity contribution in [2.24, 2.45) is 5.73 Å². The van der Waals surface area contributed by atoms with Crippen LogP contribution in [0.2, 0.25) is 0 Å². The van der Waals surface area contributed by atoms with Crippen molar-refractivity contribution in [2.45, 2.75) is 39.3 Å². The van der Waals surface area contributed by atoms with Crippen LogP contribution in [0, 0.1) is 6.92 Å². The van der Waals surface area contributed by atoms with Crippen LogP contribution in [-0.4, -0.2) is 11.1 Å². The van der Waals surface area contributed by atoms with Gasteiger partial charge < -0.3 is 15.6 Å². The van der Waals surface area contributed by atoms with E-state index in [0.29, 0.717) is 6.61 Å². The van der Waals surface area contributed by atoms with E-state index in [0.717, 1.165) is 29.7 Å². The number of phenols is 1. The van der Waals surface area contributed by atoms with Crippen LogP contribution < -0.4 is 10.5 Å². The average Bonchev–Trinajstić information content (AvgIpc) is 2.48. The van der Waals surface area contributed by atoms with Gasteiger partial charge in [0.15, 0.2) is 0 Å². The summed E-state index contributed by atoms with van der Waals surface area (Å²) in [5, 5.41) is 9.29. The third kappa shape index (κ3) is 4.50. The maximum Gasteiger partial charge on any atom is 0.123 e. The van der Waals surface area contributed by atoms with Gasteiger partial charge in [-0.2, -0.15) is 0 Å². The quantitative estimate of drug-likeness (QED) is 0.853. The minimum atomic E-state index is 0.155. The van der Waals surface area contributed by atoms with Crippen LogP contribution in [0.5, 0.6) is 11.5 Å². The molecule has 3 heteroatoms. The molecular formula is C18H23NO2. The van der Waals surface area contributed by atoms with Gasteiger partial charge in [0, 0.05) is 6.04 Å². The maximum absolute atomic E-state index is 9.29. The summed E-state index contributed by atoms with van der Waals surface area (Å²) in [6.45, 7) is 4.65. The normalized spacial score (nSPS) is 12.1. The molecule has 0 fully saturated rings. The van der Waals surface area contributed by atoms with Gasteiger partial charge in [-0.25, -0.2) is 0 Å². The first-order valence-electron chi connectivity index (χ1n) is 7.34. The Kier molecular flexibility index (Phi) is 5.23. The van der Waals surface area contributed by atoms with Crippen LogP contribution in [0.3, 0.4) is 0 Å². The summed E-state index contributed by atoms with van der Waals surface area (Å²) in [6.07, 6.45) is 1.77. The number of aryl methyl sites for hydroxylation is 1. The summed E-state index contributed by atoms with van der Waals surface area (Å²) < 4.78 is 5.93. The van der Waals surface area contributed by atoms with Crippen LogP contribution in [0.15, 0.2) is 42.5 Å². The van der Waals surface area contributed by atoms with E-state index < -0.39 is 0 Å². The van der Waals surface area contributed by atoms with E-state index in [2.05, 4.69) is 19.9 Å². The number of phenolic OH excluding ortho intramolecular Hbond substituents is 1. The van der Waals surface area contributed by atoms with Gasteiger partial charge in [0.05, 0.1) is 0 Å². The van der Waals surface area contributed by atoms with Crippen molar-refractivity contribution in [3.63, 3.8) is 0 Å². The van der Waals surface area contributed by atoms with E-state index in [1.165, 1.54) is 5.56 Å². The number of rotatable bonds is 6. The summed E-state index contributed by atoms with van der Waals surface area (Å²) in [5.74, 6) is 1.15. The molecule has 0 aliphatic heterocycles. The third-order valence-electron chi connectivity index (χ3n) is 3.55. The van der Waals surface area contributed by atoms with Gasteiger partial charge in [-0.15, -0.1) is 0 Å². The lowest BCUT2D eigenvalue weighted by atomic mass is 10.0. The van der Waals surface area contributed by atoms with E-state index in [1.54, 1.807) is 12.1 Å². The number of ether oxygens (including phenoxy) is 1. The zero-order valence-electron chi connectivity index (χ0n) is 12.7. The predicted molar refractivity (Wildman–Crippen MR) is 85.6 cm³/mol.